The van der Waals surface area contributed by atoms with Gasteiger partial charge in [-0.25, -0.2) is 0 Å². The third kappa shape index (κ3) is 62.7. The van der Waals surface area contributed by atoms with Crippen molar-refractivity contribution in [3.63, 3.8) is 0 Å². The number of carboxylic acids is 2. The first-order chi connectivity index (χ1) is 24.0. The summed E-state index contributed by atoms with van der Waals surface area (Å²) in [5, 5.41) is 20.4. The maximum absolute atomic E-state index is 10.2. The van der Waals surface area contributed by atoms with E-state index in [0.29, 0.717) is 19.2 Å². The normalized spacial score (nSPS) is 10.9. The van der Waals surface area contributed by atoms with E-state index in [9.17, 15) is 19.8 Å². The number of rotatable bonds is 36. The topological polar surface area (TPSA) is 80.3 Å². The molecule has 0 aromatic heterocycles. The predicted octanol–water partition coefficient (Wildman–Crippen LogP) is 13.1. The fraction of sp³-hybridized carbons (Fsp3) is 0.864. The number of unbranched alkanes of at least 4 members (excludes halogenated alkanes) is 25. The molecule has 0 saturated carbocycles. The summed E-state index contributed by atoms with van der Waals surface area (Å²) in [4.78, 5) is 20.4. The second-order valence-electron chi connectivity index (χ2n) is 13.8. The van der Waals surface area contributed by atoms with Gasteiger partial charge in [0.05, 0.1) is 0 Å². The molecule has 0 spiro atoms. The first-order valence-corrected chi connectivity index (χ1v) is 23.6. The molecule has 0 atom stereocenters. The van der Waals surface area contributed by atoms with E-state index in [0.717, 1.165) is 38.5 Å². The van der Waals surface area contributed by atoms with Crippen molar-refractivity contribution in [2.45, 2.75) is 243 Å². The van der Waals surface area contributed by atoms with Gasteiger partial charge in [0, 0.05) is 11.9 Å². The van der Waals surface area contributed by atoms with E-state index in [4.69, 9.17) is 0 Å². The zero-order valence-corrected chi connectivity index (χ0v) is 35.0. The third-order valence-electron chi connectivity index (χ3n) is 8.74. The molecule has 5 heteroatoms. The first-order valence-electron chi connectivity index (χ1n) is 21.4. The monoisotopic (exact) mass is 725 g/mol. The van der Waals surface area contributed by atoms with Crippen LogP contribution in [0.4, 0.5) is 0 Å². The van der Waals surface area contributed by atoms with Gasteiger partial charge >= 0.3 is 68.1 Å². The maximum atomic E-state index is 10.2. The van der Waals surface area contributed by atoms with Gasteiger partial charge in [0.15, 0.2) is 0 Å². The van der Waals surface area contributed by atoms with Crippen LogP contribution in [0.15, 0.2) is 24.3 Å². The van der Waals surface area contributed by atoms with E-state index >= 15 is 0 Å². The van der Waals surface area contributed by atoms with E-state index in [1.807, 2.05) is 0 Å². The number of carbonyl (C=O) groups excluding carboxylic acids is 2. The van der Waals surface area contributed by atoms with Crippen LogP contribution in [0.25, 0.3) is 0 Å². The molecule has 288 valence electrons. The van der Waals surface area contributed by atoms with Crippen LogP contribution < -0.4 is 10.2 Å². The van der Waals surface area contributed by atoms with Gasteiger partial charge in [-0.05, 0) is 77.0 Å². The molecule has 0 aliphatic carbocycles. The molecular formula is C44H84O4Ti. The fourth-order valence-electron chi connectivity index (χ4n) is 5.53. The van der Waals surface area contributed by atoms with Crippen LogP contribution in [0.3, 0.4) is 0 Å². The molecule has 0 bridgehead atoms. The summed E-state index contributed by atoms with van der Waals surface area (Å²) in [6.45, 7) is 9.11. The van der Waals surface area contributed by atoms with E-state index in [1.54, 1.807) is 4.73 Å². The fourth-order valence-corrected chi connectivity index (χ4v) is 6.87. The Morgan fingerprint density at radius 2 is 0.653 bits per heavy atom. The van der Waals surface area contributed by atoms with Crippen LogP contribution in [0.5, 0.6) is 0 Å². The van der Waals surface area contributed by atoms with Crippen LogP contribution in [-0.2, 0) is 28.7 Å². The predicted molar refractivity (Wildman–Crippen MR) is 208 cm³/mol. The zero-order valence-electron chi connectivity index (χ0n) is 33.5. The summed E-state index contributed by atoms with van der Waals surface area (Å²) in [5.41, 5.74) is 0. The molecule has 0 rings (SSSR count). The van der Waals surface area contributed by atoms with Crippen molar-refractivity contribution in [1.82, 2.24) is 0 Å². The van der Waals surface area contributed by atoms with Crippen molar-refractivity contribution in [2.24, 2.45) is 0 Å². The minimum atomic E-state index is -0.914. The van der Waals surface area contributed by atoms with Crippen LogP contribution >= 0.6 is 0 Å². The molecule has 0 radical (unpaired) electrons. The summed E-state index contributed by atoms with van der Waals surface area (Å²) >= 11 is 0.498. The molecule has 49 heavy (non-hydrogen) atoms. The Balaban J connectivity index is -0.000000695. The second kappa shape index (κ2) is 51.5. The van der Waals surface area contributed by atoms with Gasteiger partial charge in [-0.3, -0.25) is 0 Å². The minimum absolute atomic E-state index is 0.220. The second-order valence-corrected chi connectivity index (χ2v) is 16.5. The summed E-state index contributed by atoms with van der Waals surface area (Å²) < 4.78 is 3.07. The van der Waals surface area contributed by atoms with Crippen molar-refractivity contribution < 1.29 is 39.0 Å². The van der Waals surface area contributed by atoms with Crippen molar-refractivity contribution in [1.29, 1.82) is 0 Å². The summed E-state index contributed by atoms with van der Waals surface area (Å²) in [6.07, 6.45) is 47.6. The number of aliphatic carboxylic acids is 2. The van der Waals surface area contributed by atoms with E-state index < -0.39 is 11.9 Å². The SMILES string of the molecule is CCCCCCCC/C=C\CCCCCCCC(=O)[O-].CCCCCCCC/C=C\CCCCCCCC(=O)[O-].CCCCC[CH2][Ti+2][CH2]C. The van der Waals surface area contributed by atoms with Crippen LogP contribution in [-0.4, -0.2) is 11.9 Å². The van der Waals surface area contributed by atoms with E-state index in [2.05, 4.69) is 52.0 Å². The molecule has 0 aromatic carbocycles. The molecule has 0 fully saturated rings. The summed E-state index contributed by atoms with van der Waals surface area (Å²) in [6, 6.07) is 0. The Hall–Kier alpha value is -0.866. The number of hydrogen-bond donors (Lipinski definition) is 0. The van der Waals surface area contributed by atoms with Crippen LogP contribution in [0, 0.1) is 0 Å². The van der Waals surface area contributed by atoms with Gasteiger partial charge in [0.2, 0.25) is 0 Å². The van der Waals surface area contributed by atoms with Gasteiger partial charge in [-0.15, -0.1) is 0 Å². The molecule has 0 aliphatic heterocycles. The van der Waals surface area contributed by atoms with E-state index in [1.165, 1.54) is 159 Å². The Labute approximate surface area is 316 Å². The summed E-state index contributed by atoms with van der Waals surface area (Å²) in [5.74, 6) is -1.83. The van der Waals surface area contributed by atoms with Crippen LogP contribution in [0.2, 0.25) is 9.45 Å². The van der Waals surface area contributed by atoms with Crippen LogP contribution in [0.1, 0.15) is 233 Å². The molecule has 4 nitrogen and oxygen atoms in total. The molecule has 0 saturated heterocycles. The molecule has 0 N–H and O–H groups in total. The molecule has 0 amide bonds. The zero-order chi connectivity index (χ0) is 36.7. The number of hydrogen-bond acceptors (Lipinski definition) is 4. The van der Waals surface area contributed by atoms with Gasteiger partial charge in [0.25, 0.3) is 0 Å². The average Bonchev–Trinajstić information content (AvgIpc) is 3.08. The number of carbonyl (C=O) groups is 2. The van der Waals surface area contributed by atoms with Crippen molar-refractivity contribution in [2.75, 3.05) is 0 Å². The molecule has 0 aliphatic rings. The van der Waals surface area contributed by atoms with Gasteiger partial charge in [0.1, 0.15) is 0 Å². The Kier molecular flexibility index (Phi) is 55.2. The molecule has 0 unspecified atom stereocenters. The van der Waals surface area contributed by atoms with Gasteiger partial charge in [-0.2, -0.15) is 0 Å². The van der Waals surface area contributed by atoms with Crippen molar-refractivity contribution in [3.8, 4) is 0 Å². The third-order valence-corrected chi connectivity index (χ3v) is 10.6. The first kappa shape index (κ1) is 52.5. The summed E-state index contributed by atoms with van der Waals surface area (Å²) in [7, 11) is 0. The Bertz CT molecular complexity index is 620. The van der Waals surface area contributed by atoms with Crippen molar-refractivity contribution in [3.05, 3.63) is 24.3 Å². The number of allylic oxidation sites excluding steroid dienone is 4. The Morgan fingerprint density at radius 1 is 0.388 bits per heavy atom. The standard InChI is InChI=1S/2C18H34O2.C6H13.C2H5.Ti/c2*1-2-3-4-5-6-7-8-9-10-11-12-13-14-15-16-17-18(19)20;1-3-5-6-4-2;1-2;/h2*9-10H,2-8,11-17H2,1H3,(H,19,20);1,3-6H2,2H3;1H2,2H3;/q;;;;+2/p-2/b2*10-9-;;;. The molecular weight excluding hydrogens is 640 g/mol. The quantitative estimate of drug-likeness (QED) is 0.0366. The van der Waals surface area contributed by atoms with Gasteiger partial charge < -0.3 is 19.8 Å². The average molecular weight is 725 g/mol. The molecule has 0 heterocycles. The molecule has 0 aromatic rings. The number of carboxylic acid groups (broad SMARTS) is 2. The Morgan fingerprint density at radius 3 is 0.939 bits per heavy atom. The van der Waals surface area contributed by atoms with E-state index in [-0.39, 0.29) is 12.8 Å². The van der Waals surface area contributed by atoms with Crippen molar-refractivity contribution >= 4 is 11.9 Å². The van der Waals surface area contributed by atoms with Gasteiger partial charge in [-0.1, -0.05) is 141 Å².